The second-order valence-corrected chi connectivity index (χ2v) is 8.29. The first-order valence-corrected chi connectivity index (χ1v) is 10.7. The van der Waals surface area contributed by atoms with Gasteiger partial charge in [0.05, 0.1) is 16.9 Å². The molecule has 0 radical (unpaired) electrons. The van der Waals surface area contributed by atoms with E-state index in [1.165, 1.54) is 12.1 Å². The van der Waals surface area contributed by atoms with Crippen LogP contribution >= 0.6 is 11.8 Å². The fourth-order valence-corrected chi connectivity index (χ4v) is 4.13. The molecular formula is C19H19NO4S2. The molecule has 0 atom stereocenters. The first-order chi connectivity index (χ1) is 12.6. The third kappa shape index (κ3) is 5.39. The maximum atomic E-state index is 12.3. The Bertz CT molecular complexity index is 892. The molecule has 0 bridgehead atoms. The van der Waals surface area contributed by atoms with Crippen LogP contribution in [0.1, 0.15) is 5.76 Å². The quantitative estimate of drug-likeness (QED) is 0.553. The lowest BCUT2D eigenvalue weighted by atomic mass is 10.3. The van der Waals surface area contributed by atoms with E-state index in [4.69, 9.17) is 9.15 Å². The molecule has 0 aliphatic carbocycles. The molecule has 0 spiro atoms. The summed E-state index contributed by atoms with van der Waals surface area (Å²) >= 11 is 1.61. The summed E-state index contributed by atoms with van der Waals surface area (Å²) in [7, 11) is -3.53. The van der Waals surface area contributed by atoms with Crippen molar-refractivity contribution in [1.82, 2.24) is 4.72 Å². The third-order valence-electron chi connectivity index (χ3n) is 3.48. The molecule has 3 aromatic rings. The molecule has 0 unspecified atom stereocenters. The normalized spacial score (nSPS) is 11.4. The van der Waals surface area contributed by atoms with Gasteiger partial charge in [-0.25, -0.2) is 13.1 Å². The van der Waals surface area contributed by atoms with Crippen molar-refractivity contribution in [3.63, 3.8) is 0 Å². The molecule has 0 aliphatic heterocycles. The number of hydrogen-bond donors (Lipinski definition) is 1. The molecule has 1 heterocycles. The molecule has 5 nitrogen and oxygen atoms in total. The lowest BCUT2D eigenvalue weighted by molar-refractivity contribution is 0.482. The zero-order chi connectivity index (χ0) is 18.2. The van der Waals surface area contributed by atoms with E-state index in [2.05, 4.69) is 4.72 Å². The van der Waals surface area contributed by atoms with E-state index in [9.17, 15) is 8.42 Å². The fourth-order valence-electron chi connectivity index (χ4n) is 2.21. The SMILES string of the molecule is O=S(=O)(NCCSCc1ccco1)c1ccc(Oc2ccccc2)cc1. The minimum atomic E-state index is -3.53. The van der Waals surface area contributed by atoms with Crippen LogP contribution in [0.5, 0.6) is 11.5 Å². The Morgan fingerprint density at radius 3 is 2.35 bits per heavy atom. The summed E-state index contributed by atoms with van der Waals surface area (Å²) in [5, 5.41) is 0. The van der Waals surface area contributed by atoms with E-state index in [1.54, 1.807) is 30.2 Å². The number of para-hydroxylation sites is 1. The fraction of sp³-hybridized carbons (Fsp3) is 0.158. The maximum absolute atomic E-state index is 12.3. The van der Waals surface area contributed by atoms with Crippen molar-refractivity contribution >= 4 is 21.8 Å². The minimum Gasteiger partial charge on any atom is -0.468 e. The van der Waals surface area contributed by atoms with E-state index in [-0.39, 0.29) is 4.90 Å². The third-order valence-corrected chi connectivity index (χ3v) is 5.93. The molecule has 0 fully saturated rings. The molecule has 7 heteroatoms. The Morgan fingerprint density at radius 2 is 1.65 bits per heavy atom. The molecule has 1 N–H and O–H groups in total. The van der Waals surface area contributed by atoms with Crippen LogP contribution in [0.25, 0.3) is 0 Å². The summed E-state index contributed by atoms with van der Waals surface area (Å²) in [5.41, 5.74) is 0. The number of sulfonamides is 1. The van der Waals surface area contributed by atoms with Crippen LogP contribution in [-0.2, 0) is 15.8 Å². The molecule has 136 valence electrons. The minimum absolute atomic E-state index is 0.217. The van der Waals surface area contributed by atoms with Gasteiger partial charge in [0.25, 0.3) is 0 Å². The van der Waals surface area contributed by atoms with Crippen molar-refractivity contribution < 1.29 is 17.6 Å². The second-order valence-electron chi connectivity index (χ2n) is 5.42. The number of nitrogens with one attached hydrogen (secondary N) is 1. The molecule has 0 saturated carbocycles. The number of hydrogen-bond acceptors (Lipinski definition) is 5. The van der Waals surface area contributed by atoms with Crippen LogP contribution in [0.3, 0.4) is 0 Å². The Labute approximate surface area is 157 Å². The molecule has 0 saturated heterocycles. The molecule has 2 aromatic carbocycles. The number of ether oxygens (including phenoxy) is 1. The summed E-state index contributed by atoms with van der Waals surface area (Å²) in [6, 6.07) is 19.4. The van der Waals surface area contributed by atoms with Crippen LogP contribution in [0.15, 0.2) is 82.3 Å². The van der Waals surface area contributed by atoms with Crippen LogP contribution in [0, 0.1) is 0 Å². The predicted octanol–water partition coefficient (Wildman–Crippen LogP) is 4.28. The Hall–Kier alpha value is -2.22. The van der Waals surface area contributed by atoms with Gasteiger partial charge in [-0.2, -0.15) is 11.8 Å². The van der Waals surface area contributed by atoms with Crippen LogP contribution in [0.2, 0.25) is 0 Å². The highest BCUT2D eigenvalue weighted by Crippen LogP contribution is 2.22. The Morgan fingerprint density at radius 1 is 0.923 bits per heavy atom. The lowest BCUT2D eigenvalue weighted by Crippen LogP contribution is -2.26. The summed E-state index contributed by atoms with van der Waals surface area (Å²) in [6.07, 6.45) is 1.63. The van der Waals surface area contributed by atoms with Crippen molar-refractivity contribution in [2.24, 2.45) is 0 Å². The van der Waals surface area contributed by atoms with Crippen molar-refractivity contribution in [2.45, 2.75) is 10.6 Å². The monoisotopic (exact) mass is 389 g/mol. The summed E-state index contributed by atoms with van der Waals surface area (Å²) in [5.74, 6) is 3.56. The van der Waals surface area contributed by atoms with E-state index in [0.717, 1.165) is 11.5 Å². The van der Waals surface area contributed by atoms with Gasteiger partial charge < -0.3 is 9.15 Å². The van der Waals surface area contributed by atoms with Gasteiger partial charge in [0.1, 0.15) is 17.3 Å². The highest BCUT2D eigenvalue weighted by molar-refractivity contribution is 7.98. The van der Waals surface area contributed by atoms with E-state index in [1.807, 2.05) is 42.5 Å². The highest BCUT2D eigenvalue weighted by atomic mass is 32.2. The topological polar surface area (TPSA) is 68.5 Å². The number of rotatable bonds is 9. The standard InChI is InChI=1S/C19H19NO4S2/c21-26(22,20-12-14-25-15-18-7-4-13-23-18)19-10-8-17(9-11-19)24-16-5-2-1-3-6-16/h1-11,13,20H,12,14-15H2. The van der Waals surface area contributed by atoms with Crippen LogP contribution < -0.4 is 9.46 Å². The number of furan rings is 1. The molecule has 0 amide bonds. The summed E-state index contributed by atoms with van der Waals surface area (Å²) < 4.78 is 38.1. The first-order valence-electron chi connectivity index (χ1n) is 8.06. The first kappa shape index (κ1) is 18.6. The van der Waals surface area contributed by atoms with Crippen LogP contribution in [-0.4, -0.2) is 20.7 Å². The second kappa shape index (κ2) is 8.93. The van der Waals surface area contributed by atoms with Gasteiger partial charge in [-0.05, 0) is 48.5 Å². The van der Waals surface area contributed by atoms with Crippen molar-refractivity contribution in [3.05, 3.63) is 78.8 Å². The molecule has 0 aliphatic rings. The van der Waals surface area contributed by atoms with E-state index >= 15 is 0 Å². The van der Waals surface area contributed by atoms with Crippen molar-refractivity contribution in [1.29, 1.82) is 0 Å². The van der Waals surface area contributed by atoms with E-state index < -0.39 is 10.0 Å². The van der Waals surface area contributed by atoms with Gasteiger partial charge in [0, 0.05) is 12.3 Å². The largest absolute Gasteiger partial charge is 0.468 e. The van der Waals surface area contributed by atoms with Gasteiger partial charge in [-0.3, -0.25) is 0 Å². The molecule has 1 aromatic heterocycles. The Kier molecular flexibility index (Phi) is 6.38. The average Bonchev–Trinajstić information content (AvgIpc) is 3.16. The van der Waals surface area contributed by atoms with Gasteiger partial charge in [0.2, 0.25) is 10.0 Å². The zero-order valence-corrected chi connectivity index (χ0v) is 15.6. The maximum Gasteiger partial charge on any atom is 0.240 e. The molecular weight excluding hydrogens is 370 g/mol. The van der Waals surface area contributed by atoms with Gasteiger partial charge in [-0.15, -0.1) is 0 Å². The predicted molar refractivity (Wildman–Crippen MR) is 103 cm³/mol. The van der Waals surface area contributed by atoms with Gasteiger partial charge in [-0.1, -0.05) is 18.2 Å². The van der Waals surface area contributed by atoms with Crippen molar-refractivity contribution in [3.8, 4) is 11.5 Å². The highest BCUT2D eigenvalue weighted by Gasteiger charge is 2.13. The Balaban J connectivity index is 1.49. The average molecular weight is 389 g/mol. The zero-order valence-electron chi connectivity index (χ0n) is 14.0. The molecule has 3 rings (SSSR count). The van der Waals surface area contributed by atoms with Crippen LogP contribution in [0.4, 0.5) is 0 Å². The number of thioether (sulfide) groups is 1. The summed E-state index contributed by atoms with van der Waals surface area (Å²) in [4.78, 5) is 0.217. The number of benzene rings is 2. The van der Waals surface area contributed by atoms with Crippen molar-refractivity contribution in [2.75, 3.05) is 12.3 Å². The lowest BCUT2D eigenvalue weighted by Gasteiger charge is -2.08. The smallest absolute Gasteiger partial charge is 0.240 e. The van der Waals surface area contributed by atoms with Gasteiger partial charge >= 0.3 is 0 Å². The molecule has 26 heavy (non-hydrogen) atoms. The van der Waals surface area contributed by atoms with E-state index in [0.29, 0.717) is 23.8 Å². The van der Waals surface area contributed by atoms with Gasteiger partial charge in [0.15, 0.2) is 0 Å². The summed E-state index contributed by atoms with van der Waals surface area (Å²) in [6.45, 7) is 0.357.